The summed E-state index contributed by atoms with van der Waals surface area (Å²) in [5.74, 6) is 0. The van der Waals surface area contributed by atoms with Gasteiger partial charge in [-0.1, -0.05) is 12.1 Å². The molecular formula is C14H13BrN2S. The van der Waals surface area contributed by atoms with E-state index >= 15 is 0 Å². The summed E-state index contributed by atoms with van der Waals surface area (Å²) in [5.41, 5.74) is 1.94. The zero-order valence-electron chi connectivity index (χ0n) is 10.1. The molecule has 0 atom stereocenters. The summed E-state index contributed by atoms with van der Waals surface area (Å²) in [7, 11) is 2.10. The van der Waals surface area contributed by atoms with Crippen LogP contribution >= 0.6 is 27.3 Å². The van der Waals surface area contributed by atoms with E-state index in [2.05, 4.69) is 46.1 Å². The van der Waals surface area contributed by atoms with Crippen LogP contribution in [0.2, 0.25) is 0 Å². The van der Waals surface area contributed by atoms with Gasteiger partial charge in [-0.25, -0.2) is 0 Å². The Morgan fingerprint density at radius 1 is 1.17 bits per heavy atom. The van der Waals surface area contributed by atoms with E-state index in [9.17, 15) is 0 Å². The van der Waals surface area contributed by atoms with Crippen molar-refractivity contribution >= 4 is 27.3 Å². The van der Waals surface area contributed by atoms with Gasteiger partial charge in [-0.15, -0.1) is 11.3 Å². The lowest BCUT2D eigenvalue weighted by atomic mass is 10.1. The molecule has 4 heteroatoms. The summed E-state index contributed by atoms with van der Waals surface area (Å²) in [6, 6.07) is 14.1. The fraction of sp³-hybridized carbons (Fsp3) is 0.214. The smallest absolute Gasteiger partial charge is 0.0991 e. The molecule has 1 heterocycles. The predicted octanol–water partition coefficient (Wildman–Crippen LogP) is 4.01. The van der Waals surface area contributed by atoms with Crippen molar-refractivity contribution in [2.45, 2.75) is 13.1 Å². The Morgan fingerprint density at radius 2 is 1.89 bits per heavy atom. The van der Waals surface area contributed by atoms with Crippen LogP contribution in [-0.4, -0.2) is 11.9 Å². The number of halogens is 1. The Bertz CT molecular complexity index is 554. The highest BCUT2D eigenvalue weighted by molar-refractivity contribution is 9.11. The predicted molar refractivity (Wildman–Crippen MR) is 78.3 cm³/mol. The van der Waals surface area contributed by atoms with E-state index in [-0.39, 0.29) is 0 Å². The maximum atomic E-state index is 8.74. The summed E-state index contributed by atoms with van der Waals surface area (Å²) in [4.78, 5) is 3.61. The summed E-state index contributed by atoms with van der Waals surface area (Å²) >= 11 is 5.24. The first kappa shape index (κ1) is 13.3. The molecule has 2 nitrogen and oxygen atoms in total. The van der Waals surface area contributed by atoms with E-state index in [1.165, 1.54) is 14.2 Å². The minimum Gasteiger partial charge on any atom is -0.297 e. The maximum absolute atomic E-state index is 8.74. The first-order chi connectivity index (χ1) is 8.67. The number of nitrogens with zero attached hydrogens (tertiary/aromatic N) is 2. The van der Waals surface area contributed by atoms with E-state index in [0.29, 0.717) is 5.56 Å². The molecule has 0 amide bonds. The van der Waals surface area contributed by atoms with Gasteiger partial charge in [-0.3, -0.25) is 4.90 Å². The second-order valence-electron chi connectivity index (χ2n) is 4.19. The maximum Gasteiger partial charge on any atom is 0.0991 e. The topological polar surface area (TPSA) is 27.0 Å². The van der Waals surface area contributed by atoms with Crippen LogP contribution in [0.15, 0.2) is 40.2 Å². The third-order valence-electron chi connectivity index (χ3n) is 2.59. The van der Waals surface area contributed by atoms with Crippen molar-refractivity contribution in [1.29, 1.82) is 5.26 Å². The minimum absolute atomic E-state index is 0.712. The van der Waals surface area contributed by atoms with Crippen LogP contribution < -0.4 is 0 Å². The lowest BCUT2D eigenvalue weighted by molar-refractivity contribution is 0.322. The second kappa shape index (κ2) is 6.14. The molecule has 0 saturated heterocycles. The summed E-state index contributed by atoms with van der Waals surface area (Å²) in [6.07, 6.45) is 0. The van der Waals surface area contributed by atoms with Crippen LogP contribution in [-0.2, 0) is 13.1 Å². The van der Waals surface area contributed by atoms with E-state index < -0.39 is 0 Å². The van der Waals surface area contributed by atoms with E-state index in [1.807, 2.05) is 24.3 Å². The third kappa shape index (κ3) is 3.67. The first-order valence-corrected chi connectivity index (χ1v) is 7.20. The zero-order chi connectivity index (χ0) is 13.0. The van der Waals surface area contributed by atoms with Crippen molar-refractivity contribution in [3.05, 3.63) is 56.2 Å². The second-order valence-corrected chi connectivity index (χ2v) is 6.73. The summed E-state index contributed by atoms with van der Waals surface area (Å²) in [6.45, 7) is 1.83. The average Bonchev–Trinajstić information content (AvgIpc) is 2.75. The molecular weight excluding hydrogens is 308 g/mol. The van der Waals surface area contributed by atoms with Gasteiger partial charge in [-0.05, 0) is 52.8 Å². The molecule has 0 bridgehead atoms. The van der Waals surface area contributed by atoms with Crippen LogP contribution in [0.4, 0.5) is 0 Å². The Hall–Kier alpha value is -1.15. The third-order valence-corrected chi connectivity index (χ3v) is 4.20. The molecule has 0 unspecified atom stereocenters. The Morgan fingerprint density at radius 3 is 2.44 bits per heavy atom. The molecule has 1 aromatic heterocycles. The van der Waals surface area contributed by atoms with Crippen LogP contribution in [0.1, 0.15) is 16.0 Å². The molecule has 18 heavy (non-hydrogen) atoms. The molecule has 0 spiro atoms. The molecule has 0 aliphatic heterocycles. The number of hydrogen-bond donors (Lipinski definition) is 0. The van der Waals surface area contributed by atoms with Crippen LogP contribution in [0, 0.1) is 11.3 Å². The number of rotatable bonds is 4. The standard InChI is InChI=1S/C14H13BrN2S/c1-17(10-13-6-7-14(15)18-13)9-12-4-2-11(8-16)3-5-12/h2-7H,9-10H2,1H3. The van der Waals surface area contributed by atoms with Gasteiger partial charge >= 0.3 is 0 Å². The highest BCUT2D eigenvalue weighted by Gasteiger charge is 2.04. The van der Waals surface area contributed by atoms with Gasteiger partial charge in [0.1, 0.15) is 0 Å². The van der Waals surface area contributed by atoms with Crippen molar-refractivity contribution in [2.24, 2.45) is 0 Å². The van der Waals surface area contributed by atoms with E-state index in [1.54, 1.807) is 11.3 Å². The largest absolute Gasteiger partial charge is 0.297 e. The van der Waals surface area contributed by atoms with Crippen molar-refractivity contribution < 1.29 is 0 Å². The molecule has 2 rings (SSSR count). The van der Waals surface area contributed by atoms with Gasteiger partial charge in [0.15, 0.2) is 0 Å². The Kier molecular flexibility index (Phi) is 4.54. The Labute approximate surface area is 120 Å². The van der Waals surface area contributed by atoms with Crippen LogP contribution in [0.3, 0.4) is 0 Å². The fourth-order valence-electron chi connectivity index (χ4n) is 1.76. The lowest BCUT2D eigenvalue weighted by Crippen LogP contribution is -2.16. The van der Waals surface area contributed by atoms with Gasteiger partial charge in [0.25, 0.3) is 0 Å². The van der Waals surface area contributed by atoms with Crippen molar-refractivity contribution in [3.63, 3.8) is 0 Å². The minimum atomic E-state index is 0.712. The number of nitriles is 1. The molecule has 0 fully saturated rings. The SMILES string of the molecule is CN(Cc1ccc(C#N)cc1)Cc1ccc(Br)s1. The highest BCUT2D eigenvalue weighted by Crippen LogP contribution is 2.23. The van der Waals surface area contributed by atoms with Crippen molar-refractivity contribution in [3.8, 4) is 6.07 Å². The molecule has 2 aromatic rings. The monoisotopic (exact) mass is 320 g/mol. The van der Waals surface area contributed by atoms with Crippen LogP contribution in [0.25, 0.3) is 0 Å². The molecule has 0 aliphatic carbocycles. The number of hydrogen-bond acceptors (Lipinski definition) is 3. The van der Waals surface area contributed by atoms with E-state index in [4.69, 9.17) is 5.26 Å². The molecule has 0 radical (unpaired) electrons. The van der Waals surface area contributed by atoms with Crippen molar-refractivity contribution in [1.82, 2.24) is 4.90 Å². The van der Waals surface area contributed by atoms with Gasteiger partial charge < -0.3 is 0 Å². The summed E-state index contributed by atoms with van der Waals surface area (Å²) in [5, 5.41) is 8.74. The molecule has 0 aliphatic rings. The van der Waals surface area contributed by atoms with E-state index in [0.717, 1.165) is 13.1 Å². The Balaban J connectivity index is 1.94. The lowest BCUT2D eigenvalue weighted by Gasteiger charge is -2.15. The van der Waals surface area contributed by atoms with Gasteiger partial charge in [0.2, 0.25) is 0 Å². The molecule has 1 aromatic carbocycles. The quantitative estimate of drug-likeness (QED) is 0.850. The number of benzene rings is 1. The normalized spacial score (nSPS) is 10.6. The molecule has 92 valence electrons. The summed E-state index contributed by atoms with van der Waals surface area (Å²) < 4.78 is 1.17. The highest BCUT2D eigenvalue weighted by atomic mass is 79.9. The fourth-order valence-corrected chi connectivity index (χ4v) is 3.32. The first-order valence-electron chi connectivity index (χ1n) is 5.59. The van der Waals surface area contributed by atoms with Gasteiger partial charge in [0, 0.05) is 18.0 Å². The zero-order valence-corrected chi connectivity index (χ0v) is 12.5. The molecule has 0 saturated carbocycles. The average molecular weight is 321 g/mol. The van der Waals surface area contributed by atoms with Gasteiger partial charge in [-0.2, -0.15) is 5.26 Å². The van der Waals surface area contributed by atoms with Crippen molar-refractivity contribution in [2.75, 3.05) is 7.05 Å². The van der Waals surface area contributed by atoms with Gasteiger partial charge in [0.05, 0.1) is 15.4 Å². The molecule has 0 N–H and O–H groups in total. The van der Waals surface area contributed by atoms with Crippen LogP contribution in [0.5, 0.6) is 0 Å². The number of thiophene rings is 1.